The number of aryl methyl sites for hydroxylation is 1. The van der Waals surface area contributed by atoms with Crippen molar-refractivity contribution in [2.75, 3.05) is 20.1 Å². The normalized spacial score (nSPS) is 18.3. The molecule has 1 aliphatic heterocycles. The highest BCUT2D eigenvalue weighted by molar-refractivity contribution is 5.78. The number of nitrogens with one attached hydrogen (secondary N) is 1. The Labute approximate surface area is 149 Å². The SMILES string of the molecule is CNC(=O)[C@H]1CCN(Cc2nc(-c3cccc(C(F)(F)F)c3)oc2C)C1. The van der Waals surface area contributed by atoms with Crippen LogP contribution in [0.2, 0.25) is 0 Å². The second-order valence-corrected chi connectivity index (χ2v) is 6.44. The smallest absolute Gasteiger partial charge is 0.416 e. The molecule has 0 spiro atoms. The molecule has 0 radical (unpaired) electrons. The minimum absolute atomic E-state index is 0.0222. The van der Waals surface area contributed by atoms with Crippen LogP contribution in [0.1, 0.15) is 23.4 Å². The molecule has 2 aromatic rings. The fourth-order valence-corrected chi connectivity index (χ4v) is 3.13. The number of likely N-dealkylation sites (tertiary alicyclic amines) is 1. The molecular formula is C18H20F3N3O2. The fraction of sp³-hybridized carbons (Fsp3) is 0.444. The van der Waals surface area contributed by atoms with E-state index in [2.05, 4.69) is 15.2 Å². The summed E-state index contributed by atoms with van der Waals surface area (Å²) in [5.41, 5.74) is 0.231. The number of halogens is 3. The standard InChI is InChI=1S/C18H20F3N3O2/c1-11-15(10-24-7-6-13(9-24)16(25)22-2)23-17(26-11)12-4-3-5-14(8-12)18(19,20)21/h3-5,8,13H,6-7,9-10H2,1-2H3,(H,22,25)/t13-/m0/s1. The van der Waals surface area contributed by atoms with Crippen LogP contribution in [-0.4, -0.2) is 35.9 Å². The van der Waals surface area contributed by atoms with E-state index < -0.39 is 11.7 Å². The van der Waals surface area contributed by atoms with Crippen molar-refractivity contribution in [3.63, 3.8) is 0 Å². The van der Waals surface area contributed by atoms with Gasteiger partial charge in [0.25, 0.3) is 0 Å². The molecule has 1 aromatic carbocycles. The Bertz CT molecular complexity index is 801. The molecule has 5 nitrogen and oxygen atoms in total. The van der Waals surface area contributed by atoms with Crippen LogP contribution in [0.15, 0.2) is 28.7 Å². The van der Waals surface area contributed by atoms with E-state index in [9.17, 15) is 18.0 Å². The average Bonchev–Trinajstić information content (AvgIpc) is 3.21. The monoisotopic (exact) mass is 367 g/mol. The molecule has 8 heteroatoms. The van der Waals surface area contributed by atoms with Gasteiger partial charge in [-0.3, -0.25) is 9.69 Å². The van der Waals surface area contributed by atoms with Gasteiger partial charge in [-0.2, -0.15) is 13.2 Å². The number of aromatic nitrogens is 1. The van der Waals surface area contributed by atoms with E-state index in [-0.39, 0.29) is 17.7 Å². The molecule has 0 unspecified atom stereocenters. The number of rotatable bonds is 4. The van der Waals surface area contributed by atoms with Crippen molar-refractivity contribution in [2.45, 2.75) is 26.1 Å². The first-order valence-corrected chi connectivity index (χ1v) is 8.36. The lowest BCUT2D eigenvalue weighted by Crippen LogP contribution is -2.30. The predicted molar refractivity (Wildman–Crippen MR) is 89.1 cm³/mol. The lowest BCUT2D eigenvalue weighted by atomic mass is 10.1. The Morgan fingerprint density at radius 2 is 2.19 bits per heavy atom. The Morgan fingerprint density at radius 3 is 2.88 bits per heavy atom. The van der Waals surface area contributed by atoms with Gasteiger partial charge < -0.3 is 9.73 Å². The summed E-state index contributed by atoms with van der Waals surface area (Å²) < 4.78 is 44.2. The maximum atomic E-state index is 12.9. The summed E-state index contributed by atoms with van der Waals surface area (Å²) in [6.07, 6.45) is -3.64. The molecule has 1 N–H and O–H groups in total. The fourth-order valence-electron chi connectivity index (χ4n) is 3.13. The van der Waals surface area contributed by atoms with E-state index >= 15 is 0 Å². The quantitative estimate of drug-likeness (QED) is 0.901. The van der Waals surface area contributed by atoms with Gasteiger partial charge in [-0.05, 0) is 38.1 Å². The van der Waals surface area contributed by atoms with Crippen LogP contribution >= 0.6 is 0 Å². The summed E-state index contributed by atoms with van der Waals surface area (Å²) in [6.45, 7) is 3.64. The molecule has 1 fully saturated rings. The average molecular weight is 367 g/mol. The predicted octanol–water partition coefficient (Wildman–Crippen LogP) is 3.24. The third kappa shape index (κ3) is 3.90. The minimum atomic E-state index is -4.41. The number of nitrogens with zero attached hydrogens (tertiary/aromatic N) is 2. The highest BCUT2D eigenvalue weighted by Crippen LogP contribution is 2.32. The van der Waals surface area contributed by atoms with Crippen molar-refractivity contribution >= 4 is 5.91 Å². The number of carbonyl (C=O) groups is 1. The highest BCUT2D eigenvalue weighted by atomic mass is 19.4. The number of oxazole rings is 1. The number of hydrogen-bond acceptors (Lipinski definition) is 4. The molecule has 1 aromatic heterocycles. The summed E-state index contributed by atoms with van der Waals surface area (Å²) >= 11 is 0. The van der Waals surface area contributed by atoms with Crippen LogP contribution in [-0.2, 0) is 17.5 Å². The number of benzene rings is 1. The van der Waals surface area contributed by atoms with Gasteiger partial charge in [0, 0.05) is 25.7 Å². The topological polar surface area (TPSA) is 58.4 Å². The molecule has 1 aliphatic rings. The van der Waals surface area contributed by atoms with Gasteiger partial charge >= 0.3 is 6.18 Å². The molecule has 1 atom stereocenters. The third-order valence-electron chi connectivity index (χ3n) is 4.59. The van der Waals surface area contributed by atoms with E-state index in [0.717, 1.165) is 25.1 Å². The summed E-state index contributed by atoms with van der Waals surface area (Å²) in [5, 5.41) is 2.65. The molecule has 0 bridgehead atoms. The molecule has 2 heterocycles. The first kappa shape index (κ1) is 18.4. The Morgan fingerprint density at radius 1 is 1.42 bits per heavy atom. The molecule has 1 saturated heterocycles. The maximum absolute atomic E-state index is 12.9. The molecule has 140 valence electrons. The molecule has 26 heavy (non-hydrogen) atoms. The lowest BCUT2D eigenvalue weighted by molar-refractivity contribution is -0.137. The minimum Gasteiger partial charge on any atom is -0.441 e. The summed E-state index contributed by atoms with van der Waals surface area (Å²) in [7, 11) is 1.62. The Hall–Kier alpha value is -2.35. The van der Waals surface area contributed by atoms with Crippen LogP contribution < -0.4 is 5.32 Å². The third-order valence-corrected chi connectivity index (χ3v) is 4.59. The summed E-state index contributed by atoms with van der Waals surface area (Å²) in [4.78, 5) is 18.2. The molecule has 0 saturated carbocycles. The zero-order valence-corrected chi connectivity index (χ0v) is 14.6. The van der Waals surface area contributed by atoms with Gasteiger partial charge in [0.15, 0.2) is 0 Å². The molecule has 0 aliphatic carbocycles. The molecule has 3 rings (SSSR count). The number of amides is 1. The summed E-state index contributed by atoms with van der Waals surface area (Å²) in [5.74, 6) is 0.718. The van der Waals surface area contributed by atoms with Crippen LogP contribution in [0.4, 0.5) is 13.2 Å². The van der Waals surface area contributed by atoms with Crippen molar-refractivity contribution in [1.29, 1.82) is 0 Å². The van der Waals surface area contributed by atoms with Gasteiger partial charge in [-0.25, -0.2) is 4.98 Å². The van der Waals surface area contributed by atoms with Crippen LogP contribution in [0.5, 0.6) is 0 Å². The van der Waals surface area contributed by atoms with Gasteiger partial charge in [0.1, 0.15) is 5.76 Å². The van der Waals surface area contributed by atoms with Crippen LogP contribution in [0.25, 0.3) is 11.5 Å². The number of alkyl halides is 3. The molecule has 1 amide bonds. The van der Waals surface area contributed by atoms with Crippen molar-refractivity contribution in [3.05, 3.63) is 41.3 Å². The van der Waals surface area contributed by atoms with Gasteiger partial charge in [-0.1, -0.05) is 6.07 Å². The Kier molecular flexibility index (Phi) is 5.04. The van der Waals surface area contributed by atoms with E-state index in [1.165, 1.54) is 6.07 Å². The first-order valence-electron chi connectivity index (χ1n) is 8.36. The number of carbonyl (C=O) groups excluding carboxylic acids is 1. The van der Waals surface area contributed by atoms with E-state index in [1.807, 2.05) is 0 Å². The zero-order valence-electron chi connectivity index (χ0n) is 14.6. The van der Waals surface area contributed by atoms with Crippen LogP contribution in [0, 0.1) is 12.8 Å². The van der Waals surface area contributed by atoms with Crippen molar-refractivity contribution in [3.8, 4) is 11.5 Å². The highest BCUT2D eigenvalue weighted by Gasteiger charge is 2.31. The largest absolute Gasteiger partial charge is 0.441 e. The van der Waals surface area contributed by atoms with E-state index in [0.29, 0.717) is 30.1 Å². The van der Waals surface area contributed by atoms with Crippen molar-refractivity contribution in [1.82, 2.24) is 15.2 Å². The lowest BCUT2D eigenvalue weighted by Gasteiger charge is -2.14. The van der Waals surface area contributed by atoms with E-state index in [4.69, 9.17) is 4.42 Å². The summed E-state index contributed by atoms with van der Waals surface area (Å²) in [6, 6.07) is 4.93. The van der Waals surface area contributed by atoms with Gasteiger partial charge in [0.05, 0.1) is 17.2 Å². The van der Waals surface area contributed by atoms with E-state index in [1.54, 1.807) is 20.0 Å². The van der Waals surface area contributed by atoms with Crippen molar-refractivity contribution < 1.29 is 22.4 Å². The second-order valence-electron chi connectivity index (χ2n) is 6.44. The zero-order chi connectivity index (χ0) is 18.9. The molecular weight excluding hydrogens is 347 g/mol. The van der Waals surface area contributed by atoms with Crippen LogP contribution in [0.3, 0.4) is 0 Å². The van der Waals surface area contributed by atoms with Gasteiger partial charge in [0.2, 0.25) is 11.8 Å². The maximum Gasteiger partial charge on any atom is 0.416 e. The first-order chi connectivity index (χ1) is 12.3. The second kappa shape index (κ2) is 7.11. The Balaban J connectivity index is 1.75. The van der Waals surface area contributed by atoms with Crippen molar-refractivity contribution in [2.24, 2.45) is 5.92 Å². The number of hydrogen-bond donors (Lipinski definition) is 1. The van der Waals surface area contributed by atoms with Gasteiger partial charge in [-0.15, -0.1) is 0 Å².